The zero-order valence-electron chi connectivity index (χ0n) is 6.41. The standard InChI is InChI=1S/C7H14O3/c1-5-3-6(9-2)4-7(8)10-5/h5-8H,3-4H2,1-2H3/t5-,6+,7?/m0/s1. The number of aliphatic hydroxyl groups excluding tert-OH is 1. The number of hydrogen-bond acceptors (Lipinski definition) is 3. The molecule has 0 aromatic heterocycles. The van der Waals surface area contributed by atoms with Gasteiger partial charge < -0.3 is 14.6 Å². The smallest absolute Gasteiger partial charge is 0.157 e. The van der Waals surface area contributed by atoms with Gasteiger partial charge in [-0.2, -0.15) is 0 Å². The van der Waals surface area contributed by atoms with Crippen molar-refractivity contribution >= 4 is 0 Å². The zero-order valence-corrected chi connectivity index (χ0v) is 6.41. The first-order valence-corrected chi connectivity index (χ1v) is 3.58. The van der Waals surface area contributed by atoms with E-state index in [2.05, 4.69) is 0 Å². The van der Waals surface area contributed by atoms with Gasteiger partial charge in [0, 0.05) is 13.5 Å². The van der Waals surface area contributed by atoms with Crippen LogP contribution in [0.5, 0.6) is 0 Å². The van der Waals surface area contributed by atoms with E-state index in [1.807, 2.05) is 6.92 Å². The molecule has 3 nitrogen and oxygen atoms in total. The van der Waals surface area contributed by atoms with Gasteiger partial charge in [0.25, 0.3) is 0 Å². The summed E-state index contributed by atoms with van der Waals surface area (Å²) in [5.41, 5.74) is 0. The summed E-state index contributed by atoms with van der Waals surface area (Å²) in [6.45, 7) is 1.94. The number of hydrogen-bond donors (Lipinski definition) is 1. The van der Waals surface area contributed by atoms with E-state index >= 15 is 0 Å². The number of rotatable bonds is 1. The van der Waals surface area contributed by atoms with E-state index < -0.39 is 6.29 Å². The van der Waals surface area contributed by atoms with Gasteiger partial charge in [0.15, 0.2) is 6.29 Å². The van der Waals surface area contributed by atoms with Crippen molar-refractivity contribution in [2.24, 2.45) is 0 Å². The fraction of sp³-hybridized carbons (Fsp3) is 1.00. The summed E-state index contributed by atoms with van der Waals surface area (Å²) in [6, 6.07) is 0. The third kappa shape index (κ3) is 1.94. The molecule has 0 radical (unpaired) electrons. The lowest BCUT2D eigenvalue weighted by Gasteiger charge is -2.29. The van der Waals surface area contributed by atoms with Crippen LogP contribution in [0, 0.1) is 0 Å². The van der Waals surface area contributed by atoms with Crippen LogP contribution in [0.4, 0.5) is 0 Å². The lowest BCUT2D eigenvalue weighted by Crippen LogP contribution is -2.34. The minimum absolute atomic E-state index is 0.119. The molecular weight excluding hydrogens is 132 g/mol. The van der Waals surface area contributed by atoms with Crippen LogP contribution in [0.25, 0.3) is 0 Å². The second-order valence-electron chi connectivity index (χ2n) is 2.73. The Morgan fingerprint density at radius 3 is 2.70 bits per heavy atom. The largest absolute Gasteiger partial charge is 0.381 e. The molecule has 3 heteroatoms. The molecule has 0 aromatic carbocycles. The molecule has 1 saturated heterocycles. The third-order valence-corrected chi connectivity index (χ3v) is 1.78. The normalized spacial score (nSPS) is 41.7. The summed E-state index contributed by atoms with van der Waals surface area (Å²) >= 11 is 0. The van der Waals surface area contributed by atoms with Crippen molar-refractivity contribution in [1.29, 1.82) is 0 Å². The highest BCUT2D eigenvalue weighted by molar-refractivity contribution is 4.69. The average Bonchev–Trinajstić information content (AvgIpc) is 1.85. The second kappa shape index (κ2) is 3.32. The maximum Gasteiger partial charge on any atom is 0.157 e. The molecule has 1 rings (SSSR count). The maximum atomic E-state index is 9.08. The van der Waals surface area contributed by atoms with E-state index in [0.29, 0.717) is 6.42 Å². The topological polar surface area (TPSA) is 38.7 Å². The van der Waals surface area contributed by atoms with Crippen LogP contribution < -0.4 is 0 Å². The van der Waals surface area contributed by atoms with Crippen molar-refractivity contribution in [1.82, 2.24) is 0 Å². The molecule has 3 atom stereocenters. The molecule has 1 aliphatic heterocycles. The van der Waals surface area contributed by atoms with Crippen LogP contribution in [0.15, 0.2) is 0 Å². The summed E-state index contributed by atoms with van der Waals surface area (Å²) in [5.74, 6) is 0. The molecule has 1 unspecified atom stereocenters. The van der Waals surface area contributed by atoms with Gasteiger partial charge >= 0.3 is 0 Å². The Balaban J connectivity index is 2.35. The Morgan fingerprint density at radius 2 is 2.20 bits per heavy atom. The molecule has 1 N–H and O–H groups in total. The van der Waals surface area contributed by atoms with E-state index in [1.165, 1.54) is 0 Å². The maximum absolute atomic E-state index is 9.08. The SMILES string of the molecule is CO[C@H]1CC(O)O[C@@H](C)C1. The molecule has 1 heterocycles. The van der Waals surface area contributed by atoms with Crippen LogP contribution in [0.2, 0.25) is 0 Å². The quantitative estimate of drug-likeness (QED) is 0.586. The van der Waals surface area contributed by atoms with Gasteiger partial charge in [0.1, 0.15) is 0 Å². The van der Waals surface area contributed by atoms with Crippen LogP contribution >= 0.6 is 0 Å². The van der Waals surface area contributed by atoms with Crippen molar-refractivity contribution in [3.63, 3.8) is 0 Å². The van der Waals surface area contributed by atoms with Crippen molar-refractivity contribution < 1.29 is 14.6 Å². The van der Waals surface area contributed by atoms with Gasteiger partial charge in [-0.1, -0.05) is 0 Å². The first-order chi connectivity index (χ1) is 4.72. The van der Waals surface area contributed by atoms with Gasteiger partial charge in [-0.3, -0.25) is 0 Å². The van der Waals surface area contributed by atoms with Crippen LogP contribution in [-0.2, 0) is 9.47 Å². The fourth-order valence-electron chi connectivity index (χ4n) is 1.26. The molecule has 10 heavy (non-hydrogen) atoms. The van der Waals surface area contributed by atoms with Crippen molar-refractivity contribution in [3.05, 3.63) is 0 Å². The zero-order chi connectivity index (χ0) is 7.56. The highest BCUT2D eigenvalue weighted by Crippen LogP contribution is 2.19. The second-order valence-corrected chi connectivity index (χ2v) is 2.73. The van der Waals surface area contributed by atoms with E-state index in [-0.39, 0.29) is 12.2 Å². The Bertz CT molecular complexity index is 95.0. The van der Waals surface area contributed by atoms with Crippen molar-refractivity contribution in [3.8, 4) is 0 Å². The van der Waals surface area contributed by atoms with Crippen LogP contribution in [0.1, 0.15) is 19.8 Å². The molecule has 0 spiro atoms. The van der Waals surface area contributed by atoms with E-state index in [4.69, 9.17) is 14.6 Å². The molecule has 0 amide bonds. The summed E-state index contributed by atoms with van der Waals surface area (Å²) < 4.78 is 10.2. The summed E-state index contributed by atoms with van der Waals surface area (Å²) in [4.78, 5) is 0. The van der Waals surface area contributed by atoms with Gasteiger partial charge in [-0.25, -0.2) is 0 Å². The molecule has 0 aliphatic carbocycles. The molecule has 1 aliphatic rings. The Hall–Kier alpha value is -0.120. The van der Waals surface area contributed by atoms with E-state index in [0.717, 1.165) is 6.42 Å². The van der Waals surface area contributed by atoms with Crippen LogP contribution in [-0.4, -0.2) is 30.7 Å². The summed E-state index contributed by atoms with van der Waals surface area (Å²) in [7, 11) is 1.66. The molecule has 1 fully saturated rings. The highest BCUT2D eigenvalue weighted by atomic mass is 16.6. The van der Waals surface area contributed by atoms with E-state index in [9.17, 15) is 0 Å². The molecular formula is C7H14O3. The monoisotopic (exact) mass is 146 g/mol. The molecule has 0 aromatic rings. The number of aliphatic hydroxyl groups is 1. The minimum Gasteiger partial charge on any atom is -0.381 e. The molecule has 0 bridgehead atoms. The molecule has 60 valence electrons. The van der Waals surface area contributed by atoms with Gasteiger partial charge in [-0.15, -0.1) is 0 Å². The Morgan fingerprint density at radius 1 is 1.50 bits per heavy atom. The first kappa shape index (κ1) is 7.98. The Labute approximate surface area is 60.9 Å². The Kier molecular flexibility index (Phi) is 2.65. The fourth-order valence-corrected chi connectivity index (χ4v) is 1.26. The predicted octanol–water partition coefficient (Wildman–Crippen LogP) is 0.519. The predicted molar refractivity (Wildman–Crippen MR) is 36.6 cm³/mol. The van der Waals surface area contributed by atoms with Crippen molar-refractivity contribution in [2.45, 2.75) is 38.3 Å². The lowest BCUT2D eigenvalue weighted by atomic mass is 10.1. The molecule has 0 saturated carbocycles. The van der Waals surface area contributed by atoms with E-state index in [1.54, 1.807) is 7.11 Å². The summed E-state index contributed by atoms with van der Waals surface area (Å²) in [5, 5.41) is 9.08. The van der Waals surface area contributed by atoms with Crippen molar-refractivity contribution in [2.75, 3.05) is 7.11 Å². The summed E-state index contributed by atoms with van der Waals surface area (Å²) in [6.07, 6.45) is 1.13. The third-order valence-electron chi connectivity index (χ3n) is 1.78. The number of ether oxygens (including phenoxy) is 2. The van der Waals surface area contributed by atoms with Gasteiger partial charge in [0.2, 0.25) is 0 Å². The average molecular weight is 146 g/mol. The van der Waals surface area contributed by atoms with Crippen LogP contribution in [0.3, 0.4) is 0 Å². The first-order valence-electron chi connectivity index (χ1n) is 3.58. The highest BCUT2D eigenvalue weighted by Gasteiger charge is 2.24. The lowest BCUT2D eigenvalue weighted by molar-refractivity contribution is -0.188. The van der Waals surface area contributed by atoms with Gasteiger partial charge in [-0.05, 0) is 13.3 Å². The number of methoxy groups -OCH3 is 1. The minimum atomic E-state index is -0.631. The van der Waals surface area contributed by atoms with Gasteiger partial charge in [0.05, 0.1) is 12.2 Å².